The highest BCUT2D eigenvalue weighted by Gasteiger charge is 2.64. The van der Waals surface area contributed by atoms with Gasteiger partial charge in [-0.15, -0.1) is 0 Å². The molecule has 0 bridgehead atoms. The topological polar surface area (TPSA) is 297 Å². The molecule has 2 unspecified atom stereocenters. The SMILES string of the molecule is CC1CN(c2cc(Br)ccc2C=O)CC(C)O1.C[C@@H]1CN2c3cc(Br)ccc3CC3(C(=O)NC(=O)NC3=O)[C@H]2[C@H](C)O1.Cc1ccc2c(c1)N1C[C@@H](C)O[C@@H](C)[C@@H]1C1(C2)C(=O)NC(=O)NC1=O.O=C1CC(=O)NC(=O)N1.O=Cc1ccc(Br)cc1F. The number of carbonyl (C=O) groups excluding carboxylic acids is 11. The number of nitrogens with zero attached hydrogens (tertiary/aromatic N) is 3. The average Bonchev–Trinajstić information content (AvgIpc) is 0.811. The number of urea groups is 3. The van der Waals surface area contributed by atoms with Crippen LogP contribution in [0, 0.1) is 23.6 Å². The first-order chi connectivity index (χ1) is 40.7. The van der Waals surface area contributed by atoms with E-state index >= 15 is 0 Å². The number of nitrogens with one attached hydrogen (secondary N) is 6. The van der Waals surface area contributed by atoms with Crippen LogP contribution in [0.2, 0.25) is 0 Å². The minimum Gasteiger partial charge on any atom is -0.372 e. The van der Waals surface area contributed by atoms with E-state index in [0.717, 1.165) is 67.6 Å². The molecule has 12 amide bonds. The van der Waals surface area contributed by atoms with Crippen molar-refractivity contribution in [1.82, 2.24) is 31.9 Å². The monoisotopic (exact) mass is 1380 g/mol. The van der Waals surface area contributed by atoms with Gasteiger partial charge in [-0.1, -0.05) is 66.0 Å². The van der Waals surface area contributed by atoms with Gasteiger partial charge in [0.1, 0.15) is 12.2 Å². The number of aldehydes is 2. The van der Waals surface area contributed by atoms with Crippen LogP contribution in [0.15, 0.2) is 86.2 Å². The summed E-state index contributed by atoms with van der Waals surface area (Å²) in [5.41, 5.74) is 4.01. The van der Waals surface area contributed by atoms with E-state index in [2.05, 4.69) is 104 Å². The van der Waals surface area contributed by atoms with Gasteiger partial charge in [-0.2, -0.15) is 0 Å². The third kappa shape index (κ3) is 13.8. The molecule has 4 aromatic carbocycles. The lowest BCUT2D eigenvalue weighted by atomic mass is 9.66. The van der Waals surface area contributed by atoms with E-state index in [1.807, 2.05) is 93.8 Å². The highest BCUT2D eigenvalue weighted by Crippen LogP contribution is 2.49. The molecule has 27 heteroatoms. The molecule has 6 fully saturated rings. The van der Waals surface area contributed by atoms with Gasteiger partial charge >= 0.3 is 18.1 Å². The van der Waals surface area contributed by atoms with Crippen molar-refractivity contribution >= 4 is 131 Å². The van der Waals surface area contributed by atoms with Gasteiger partial charge < -0.3 is 28.9 Å². The van der Waals surface area contributed by atoms with Gasteiger partial charge in [-0.3, -0.25) is 70.3 Å². The van der Waals surface area contributed by atoms with Gasteiger partial charge in [0.25, 0.3) is 0 Å². The number of aryl methyl sites for hydroxylation is 1. The summed E-state index contributed by atoms with van der Waals surface area (Å²) in [5, 5.41) is 12.9. The molecule has 86 heavy (non-hydrogen) atoms. The summed E-state index contributed by atoms with van der Waals surface area (Å²) in [6, 6.07) is 18.6. The molecule has 8 aliphatic rings. The molecule has 12 rings (SSSR count). The predicted molar refractivity (Wildman–Crippen MR) is 321 cm³/mol. The molecule has 8 aliphatic heterocycles. The standard InChI is InChI=1S/C18H21N3O4.C17H18BrN3O4.C13H16BrNO2.C7H4BrFO.C4H4N2O3/c1-9-4-5-12-7-18(15(22)19-17(24)20-16(18)23)14-11(3)25-10(2)8-21(14)13(12)6-9;1-8-7-21-12-5-11(18)4-3-10(12)6-17(13(21)9(2)25-8)14(22)19-16(24)20-15(17)23;1-9-6-15(7-10(2)17-9)13-5-12(14)4-3-11(13)8-16;8-6-2-1-5(4-10)7(9)3-6;7-2-1-3(8)6-4(9)5-2/h4-6,10-11,14H,7-8H2,1-3H3,(H2,19,20,22,23,24);3-5,8-9,13H,6-7H2,1-2H3,(H2,19,20,22,23,24);3-5,8-10H,6-7H2,1-2H3;1-4H;1H2,(H2,5,6,7,8,9)/t10-,11+,14-;8-,9+,13-;;;/m11.../s1. The largest absolute Gasteiger partial charge is 0.372 e. The van der Waals surface area contributed by atoms with E-state index in [1.54, 1.807) is 6.07 Å². The molecule has 6 saturated heterocycles. The van der Waals surface area contributed by atoms with E-state index in [4.69, 9.17) is 14.2 Å². The van der Waals surface area contributed by atoms with Gasteiger partial charge in [0.2, 0.25) is 35.4 Å². The fourth-order valence-corrected chi connectivity index (χ4v) is 13.3. The van der Waals surface area contributed by atoms with E-state index in [9.17, 15) is 57.1 Å². The summed E-state index contributed by atoms with van der Waals surface area (Å²) >= 11 is 10.0. The Morgan fingerprint density at radius 3 is 1.31 bits per heavy atom. The number of carbonyl (C=O) groups is 11. The van der Waals surface area contributed by atoms with Crippen molar-refractivity contribution in [1.29, 1.82) is 0 Å². The lowest BCUT2D eigenvalue weighted by Gasteiger charge is -2.55. The Kier molecular flexibility index (Phi) is 20.1. The van der Waals surface area contributed by atoms with Crippen LogP contribution < -0.4 is 46.6 Å². The number of halogens is 4. The molecule has 8 heterocycles. The van der Waals surface area contributed by atoms with Crippen LogP contribution in [-0.4, -0.2) is 141 Å². The van der Waals surface area contributed by atoms with Crippen molar-refractivity contribution in [2.45, 2.75) is 116 Å². The zero-order valence-corrected chi connectivity index (χ0v) is 52.5. The smallest absolute Gasteiger partial charge is 0.328 e. The highest BCUT2D eigenvalue weighted by atomic mass is 79.9. The van der Waals surface area contributed by atoms with Crippen LogP contribution in [-0.2, 0) is 55.8 Å². The first-order valence-electron chi connectivity index (χ1n) is 27.4. The Balaban J connectivity index is 0.000000147. The molecule has 4 aromatic rings. The number of anilines is 3. The van der Waals surface area contributed by atoms with Crippen molar-refractivity contribution in [2.24, 2.45) is 10.8 Å². The van der Waals surface area contributed by atoms with Crippen LogP contribution >= 0.6 is 47.8 Å². The normalized spacial score (nSPS) is 25.7. The van der Waals surface area contributed by atoms with Crippen LogP contribution in [0.5, 0.6) is 0 Å². The Bertz CT molecular complexity index is 3200. The van der Waals surface area contributed by atoms with E-state index in [1.165, 1.54) is 12.1 Å². The van der Waals surface area contributed by atoms with Crippen molar-refractivity contribution < 1.29 is 71.3 Å². The van der Waals surface area contributed by atoms with Gasteiger partial charge in [0, 0.05) is 62.2 Å². The zero-order valence-electron chi connectivity index (χ0n) is 47.7. The summed E-state index contributed by atoms with van der Waals surface area (Å²) in [6.45, 7) is 16.6. The number of benzene rings is 4. The first-order valence-corrected chi connectivity index (χ1v) is 29.8. The maximum atomic E-state index is 12.9. The number of rotatable bonds is 3. The molecule has 8 atom stereocenters. The predicted octanol–water partition coefficient (Wildman–Crippen LogP) is 6.24. The fourth-order valence-electron chi connectivity index (χ4n) is 12.3. The Hall–Kier alpha value is -7.30. The number of hydrogen-bond acceptors (Lipinski definition) is 17. The first kappa shape index (κ1) is 64.7. The second kappa shape index (κ2) is 26.8. The molecule has 456 valence electrons. The second-order valence-electron chi connectivity index (χ2n) is 22.0. The van der Waals surface area contributed by atoms with Gasteiger partial charge in [-0.25, -0.2) is 18.8 Å². The Morgan fingerprint density at radius 2 is 0.872 bits per heavy atom. The molecular formula is C59H63Br3FN9O14. The summed E-state index contributed by atoms with van der Waals surface area (Å²) in [4.78, 5) is 133. The molecule has 0 aromatic heterocycles. The molecule has 0 radical (unpaired) electrons. The van der Waals surface area contributed by atoms with Crippen molar-refractivity contribution in [3.05, 3.63) is 120 Å². The molecule has 2 spiro atoms. The Morgan fingerprint density at radius 1 is 0.488 bits per heavy atom. The van der Waals surface area contributed by atoms with Crippen molar-refractivity contribution in [3.8, 4) is 0 Å². The zero-order chi connectivity index (χ0) is 62.7. The van der Waals surface area contributed by atoms with Gasteiger partial charge in [0.15, 0.2) is 23.4 Å². The number of barbiturate groups is 3. The molecule has 0 saturated carbocycles. The maximum Gasteiger partial charge on any atom is 0.328 e. The number of amides is 12. The number of fused-ring (bicyclic) bond motifs is 8. The van der Waals surface area contributed by atoms with Gasteiger partial charge in [-0.05, 0) is 133 Å². The fraction of sp³-hybridized carbons (Fsp3) is 0.407. The quantitative estimate of drug-likeness (QED) is 0.0976. The highest BCUT2D eigenvalue weighted by molar-refractivity contribution is 9.11. The minimum absolute atomic E-state index is 0.0221. The maximum absolute atomic E-state index is 12.9. The number of hydrogen-bond donors (Lipinski definition) is 6. The molecule has 6 N–H and O–H groups in total. The molecular weight excluding hydrogens is 1320 g/mol. The second-order valence-corrected chi connectivity index (χ2v) is 24.8. The summed E-state index contributed by atoms with van der Waals surface area (Å²) < 4.78 is 32.8. The average molecular weight is 1380 g/mol. The number of ether oxygens (including phenoxy) is 3. The van der Waals surface area contributed by atoms with E-state index < -0.39 is 82.3 Å². The van der Waals surface area contributed by atoms with Crippen LogP contribution in [0.4, 0.5) is 35.8 Å². The summed E-state index contributed by atoms with van der Waals surface area (Å²) in [6.07, 6.45) is 1.26. The number of morpholine rings is 3. The van der Waals surface area contributed by atoms with Crippen molar-refractivity contribution in [2.75, 3.05) is 40.9 Å². The van der Waals surface area contributed by atoms with Crippen LogP contribution in [0.3, 0.4) is 0 Å². The van der Waals surface area contributed by atoms with Crippen LogP contribution in [0.1, 0.15) is 85.4 Å². The Labute approximate surface area is 519 Å². The van der Waals surface area contributed by atoms with Crippen LogP contribution in [0.25, 0.3) is 0 Å². The third-order valence-corrected chi connectivity index (χ3v) is 17.0. The molecule has 23 nitrogen and oxygen atoms in total. The third-order valence-electron chi connectivity index (χ3n) is 15.5. The molecule has 0 aliphatic carbocycles. The van der Waals surface area contributed by atoms with Crippen molar-refractivity contribution in [3.63, 3.8) is 0 Å². The lowest BCUT2D eigenvalue weighted by Crippen LogP contribution is -2.75. The van der Waals surface area contributed by atoms with Gasteiger partial charge in [0.05, 0.1) is 54.3 Å². The summed E-state index contributed by atoms with van der Waals surface area (Å²) in [7, 11) is 0. The van der Waals surface area contributed by atoms with E-state index in [-0.39, 0.29) is 61.4 Å². The lowest BCUT2D eigenvalue weighted by molar-refractivity contribution is -0.154. The van der Waals surface area contributed by atoms with E-state index in [0.29, 0.717) is 23.8 Å². The minimum atomic E-state index is -1.39. The number of imide groups is 6. The summed E-state index contributed by atoms with van der Waals surface area (Å²) in [5.74, 6) is -3.82.